The minimum atomic E-state index is -0.559. The van der Waals surface area contributed by atoms with Gasteiger partial charge in [0, 0.05) is 52.3 Å². The lowest BCUT2D eigenvalue weighted by Gasteiger charge is -2.43. The summed E-state index contributed by atoms with van der Waals surface area (Å²) in [7, 11) is 0. The standard InChI is InChI=1S/C28H28N4O/c1-16-14-22(21-9-6-8-19-17(2)15-31-26(19)21)20(10-11-23-29-12-7-13-30-23)24-18(3)27(33)28(4,5)32-25(16)24/h6-9,12-15,18,27,31-33H,1-5H3/t18-,27+/m1/s1. The van der Waals surface area contributed by atoms with Gasteiger partial charge in [-0.3, -0.25) is 0 Å². The molecule has 0 radical (unpaired) electrons. The number of aromatic nitrogens is 3. The fraction of sp³-hybridized carbons (Fsp3) is 0.286. The maximum Gasteiger partial charge on any atom is 0.205 e. The second kappa shape index (κ2) is 7.75. The van der Waals surface area contributed by atoms with Crippen LogP contribution in [0.15, 0.2) is 48.9 Å². The Labute approximate surface area is 194 Å². The maximum atomic E-state index is 11.1. The number of hydrogen-bond acceptors (Lipinski definition) is 4. The van der Waals surface area contributed by atoms with Crippen molar-refractivity contribution in [2.24, 2.45) is 0 Å². The summed E-state index contributed by atoms with van der Waals surface area (Å²) in [5.41, 5.74) is 8.12. The van der Waals surface area contributed by atoms with E-state index < -0.39 is 11.6 Å². The van der Waals surface area contributed by atoms with Gasteiger partial charge >= 0.3 is 0 Å². The summed E-state index contributed by atoms with van der Waals surface area (Å²) in [5, 5.41) is 15.9. The van der Waals surface area contributed by atoms with E-state index in [1.54, 1.807) is 18.5 Å². The Hall–Kier alpha value is -3.62. The zero-order chi connectivity index (χ0) is 23.3. The van der Waals surface area contributed by atoms with E-state index in [2.05, 4.69) is 77.1 Å². The lowest BCUT2D eigenvalue weighted by molar-refractivity contribution is 0.0868. The second-order valence-corrected chi connectivity index (χ2v) is 9.51. The first kappa shape index (κ1) is 21.2. The topological polar surface area (TPSA) is 73.8 Å². The van der Waals surface area contributed by atoms with Crippen LogP contribution < -0.4 is 5.32 Å². The fourth-order valence-corrected chi connectivity index (χ4v) is 4.99. The highest BCUT2D eigenvalue weighted by molar-refractivity contribution is 5.98. The Bertz CT molecular complexity index is 1420. The lowest BCUT2D eigenvalue weighted by atomic mass is 9.75. The van der Waals surface area contributed by atoms with Gasteiger partial charge in [0.15, 0.2) is 0 Å². The van der Waals surface area contributed by atoms with Crippen LogP contribution in [0.1, 0.15) is 54.8 Å². The van der Waals surface area contributed by atoms with Crippen molar-refractivity contribution in [1.82, 2.24) is 15.0 Å². The third-order valence-electron chi connectivity index (χ3n) is 6.76. The number of nitrogens with zero attached hydrogens (tertiary/aromatic N) is 2. The van der Waals surface area contributed by atoms with E-state index in [9.17, 15) is 5.11 Å². The minimum absolute atomic E-state index is 0.0968. The van der Waals surface area contributed by atoms with Gasteiger partial charge in [0.1, 0.15) is 0 Å². The van der Waals surface area contributed by atoms with Crippen LogP contribution in [-0.2, 0) is 0 Å². The molecule has 2 atom stereocenters. The van der Waals surface area contributed by atoms with E-state index >= 15 is 0 Å². The van der Waals surface area contributed by atoms with Crippen LogP contribution in [0.3, 0.4) is 0 Å². The molecule has 0 saturated heterocycles. The summed E-state index contributed by atoms with van der Waals surface area (Å²) in [6.45, 7) is 10.4. The van der Waals surface area contributed by atoms with Crippen LogP contribution in [0.2, 0.25) is 0 Å². The molecule has 33 heavy (non-hydrogen) atoms. The number of benzene rings is 2. The third-order valence-corrected chi connectivity index (χ3v) is 6.76. The molecule has 5 nitrogen and oxygen atoms in total. The molecule has 0 bridgehead atoms. The molecule has 0 unspecified atom stereocenters. The number of aromatic amines is 1. The normalized spacial score (nSPS) is 18.8. The molecule has 2 aromatic carbocycles. The molecule has 0 fully saturated rings. The van der Waals surface area contributed by atoms with Crippen molar-refractivity contribution >= 4 is 16.6 Å². The molecule has 5 heteroatoms. The number of hydrogen-bond donors (Lipinski definition) is 3. The number of H-pyrrole nitrogens is 1. The highest BCUT2D eigenvalue weighted by atomic mass is 16.3. The maximum absolute atomic E-state index is 11.1. The SMILES string of the molecule is Cc1cc(-c2cccc3c(C)c[nH]c23)c(C#Cc2ncccn2)c2c1NC(C)(C)[C@@H](O)[C@@H]2C. The molecule has 0 saturated carbocycles. The summed E-state index contributed by atoms with van der Waals surface area (Å²) in [6.07, 6.45) is 4.87. The van der Waals surface area contributed by atoms with Crippen molar-refractivity contribution < 1.29 is 5.11 Å². The largest absolute Gasteiger partial charge is 0.390 e. The monoisotopic (exact) mass is 436 g/mol. The molecule has 0 spiro atoms. The van der Waals surface area contributed by atoms with Crippen molar-refractivity contribution in [3.05, 3.63) is 77.0 Å². The highest BCUT2D eigenvalue weighted by Gasteiger charge is 2.40. The predicted octanol–water partition coefficient (Wildman–Crippen LogP) is 5.31. The highest BCUT2D eigenvalue weighted by Crippen LogP contribution is 2.46. The van der Waals surface area contributed by atoms with Gasteiger partial charge in [-0.2, -0.15) is 0 Å². The lowest BCUT2D eigenvalue weighted by Crippen LogP contribution is -2.50. The number of nitrogens with one attached hydrogen (secondary N) is 2. The van der Waals surface area contributed by atoms with E-state index in [0.717, 1.165) is 39.0 Å². The Morgan fingerprint density at radius 2 is 1.76 bits per heavy atom. The molecule has 166 valence electrons. The van der Waals surface area contributed by atoms with Crippen LogP contribution in [0.25, 0.3) is 22.0 Å². The van der Waals surface area contributed by atoms with Gasteiger partial charge in [0.25, 0.3) is 0 Å². The van der Waals surface area contributed by atoms with Gasteiger partial charge in [-0.25, -0.2) is 9.97 Å². The van der Waals surface area contributed by atoms with E-state index in [4.69, 9.17) is 0 Å². The molecule has 4 aromatic rings. The van der Waals surface area contributed by atoms with Gasteiger partial charge in [-0.15, -0.1) is 0 Å². The van der Waals surface area contributed by atoms with Crippen LogP contribution in [0.4, 0.5) is 5.69 Å². The average molecular weight is 437 g/mol. The van der Waals surface area contributed by atoms with Crippen molar-refractivity contribution in [2.45, 2.75) is 52.2 Å². The molecule has 2 aromatic heterocycles. The fourth-order valence-electron chi connectivity index (χ4n) is 4.99. The first-order valence-corrected chi connectivity index (χ1v) is 11.3. The second-order valence-electron chi connectivity index (χ2n) is 9.51. The van der Waals surface area contributed by atoms with Crippen molar-refractivity contribution in [1.29, 1.82) is 0 Å². The van der Waals surface area contributed by atoms with Crippen molar-refractivity contribution in [3.8, 4) is 23.0 Å². The van der Waals surface area contributed by atoms with Gasteiger partial charge < -0.3 is 15.4 Å². The number of anilines is 1. The summed E-state index contributed by atoms with van der Waals surface area (Å²) in [6, 6.07) is 10.3. The van der Waals surface area contributed by atoms with Crippen LogP contribution in [0, 0.1) is 25.7 Å². The number of rotatable bonds is 1. The van der Waals surface area contributed by atoms with Gasteiger partial charge in [0.2, 0.25) is 5.82 Å². The number of aryl methyl sites for hydroxylation is 2. The summed E-state index contributed by atoms with van der Waals surface area (Å²) in [5.74, 6) is 6.93. The molecule has 1 aliphatic rings. The summed E-state index contributed by atoms with van der Waals surface area (Å²) in [4.78, 5) is 12.0. The molecule has 3 N–H and O–H groups in total. The van der Waals surface area contributed by atoms with Gasteiger partial charge in [-0.1, -0.05) is 31.0 Å². The van der Waals surface area contributed by atoms with Crippen LogP contribution >= 0.6 is 0 Å². The van der Waals surface area contributed by atoms with E-state index in [-0.39, 0.29) is 5.92 Å². The predicted molar refractivity (Wildman–Crippen MR) is 133 cm³/mol. The van der Waals surface area contributed by atoms with E-state index in [0.29, 0.717) is 5.82 Å². The first-order valence-electron chi connectivity index (χ1n) is 11.3. The average Bonchev–Trinajstić information content (AvgIpc) is 3.19. The molecule has 1 aliphatic heterocycles. The third kappa shape index (κ3) is 3.48. The Kier molecular flexibility index (Phi) is 4.99. The minimum Gasteiger partial charge on any atom is -0.390 e. The number of aliphatic hydroxyl groups excluding tert-OH is 1. The zero-order valence-electron chi connectivity index (χ0n) is 19.6. The molecule has 5 rings (SSSR count). The zero-order valence-corrected chi connectivity index (χ0v) is 19.6. The van der Waals surface area contributed by atoms with Crippen LogP contribution in [0.5, 0.6) is 0 Å². The van der Waals surface area contributed by atoms with Crippen molar-refractivity contribution in [3.63, 3.8) is 0 Å². The number of para-hydroxylation sites is 1. The summed E-state index contributed by atoms with van der Waals surface area (Å²) >= 11 is 0. The molecule has 0 amide bonds. The Balaban J connectivity index is 1.83. The molecular weight excluding hydrogens is 408 g/mol. The van der Waals surface area contributed by atoms with Crippen molar-refractivity contribution in [2.75, 3.05) is 5.32 Å². The number of fused-ring (bicyclic) bond motifs is 2. The van der Waals surface area contributed by atoms with E-state index in [1.165, 1.54) is 10.9 Å². The molecular formula is C28H28N4O. The van der Waals surface area contributed by atoms with Gasteiger partial charge in [-0.05, 0) is 62.4 Å². The molecule has 0 aliphatic carbocycles. The Morgan fingerprint density at radius 1 is 1.00 bits per heavy atom. The Morgan fingerprint density at radius 3 is 2.52 bits per heavy atom. The van der Waals surface area contributed by atoms with Crippen LogP contribution in [-0.4, -0.2) is 31.7 Å². The van der Waals surface area contributed by atoms with Gasteiger partial charge in [0.05, 0.1) is 17.2 Å². The quantitative estimate of drug-likeness (QED) is 0.354. The molecule has 3 heterocycles. The number of aliphatic hydroxyl groups is 1. The van der Waals surface area contributed by atoms with E-state index in [1.807, 2.05) is 20.0 Å². The summed E-state index contributed by atoms with van der Waals surface area (Å²) < 4.78 is 0. The first-order chi connectivity index (χ1) is 15.8. The smallest absolute Gasteiger partial charge is 0.205 e.